The maximum absolute atomic E-state index is 11.7. The Morgan fingerprint density at radius 3 is 2.75 bits per heavy atom. The molecule has 1 aliphatic rings. The monoisotopic (exact) mass is 321 g/mol. The summed E-state index contributed by atoms with van der Waals surface area (Å²) in [6, 6.07) is 10.7. The van der Waals surface area contributed by atoms with E-state index in [1.165, 1.54) is 6.33 Å². The van der Waals surface area contributed by atoms with Gasteiger partial charge in [0.15, 0.2) is 5.82 Å². The number of nitrogens with zero attached hydrogens (tertiary/aromatic N) is 4. The second-order valence-corrected chi connectivity index (χ2v) is 5.56. The van der Waals surface area contributed by atoms with Crippen molar-refractivity contribution >= 4 is 11.6 Å². The molecule has 3 aromatic rings. The number of nitrogens with one attached hydrogen (secondary N) is 1. The highest BCUT2D eigenvalue weighted by atomic mass is 16.5. The second kappa shape index (κ2) is 6.11. The molecule has 120 valence electrons. The van der Waals surface area contributed by atoms with Gasteiger partial charge >= 0.3 is 0 Å². The van der Waals surface area contributed by atoms with E-state index in [-0.39, 0.29) is 11.8 Å². The van der Waals surface area contributed by atoms with E-state index in [1.54, 1.807) is 35.3 Å². The molecule has 1 saturated carbocycles. The molecule has 0 radical (unpaired) electrons. The van der Waals surface area contributed by atoms with E-state index in [0.717, 1.165) is 18.5 Å². The average molecular weight is 321 g/mol. The molecule has 2 aromatic heterocycles. The van der Waals surface area contributed by atoms with Crippen LogP contribution in [0.15, 0.2) is 55.1 Å². The molecular weight excluding hydrogens is 306 g/mol. The Morgan fingerprint density at radius 2 is 2.04 bits per heavy atom. The van der Waals surface area contributed by atoms with E-state index in [0.29, 0.717) is 17.4 Å². The van der Waals surface area contributed by atoms with Gasteiger partial charge in [0.1, 0.15) is 12.1 Å². The van der Waals surface area contributed by atoms with Crippen LogP contribution >= 0.6 is 0 Å². The molecule has 0 aliphatic heterocycles. The Hall–Kier alpha value is -3.22. The number of anilines is 1. The maximum Gasteiger partial charge on any atom is 0.227 e. The Labute approximate surface area is 138 Å². The third kappa shape index (κ3) is 3.24. The molecule has 1 amide bonds. The normalized spacial score (nSPS) is 13.5. The first kappa shape index (κ1) is 14.4. The third-order valence-corrected chi connectivity index (χ3v) is 3.66. The van der Waals surface area contributed by atoms with Crippen LogP contribution in [0.5, 0.6) is 11.6 Å². The molecule has 7 heteroatoms. The van der Waals surface area contributed by atoms with Gasteiger partial charge in [0.2, 0.25) is 11.8 Å². The van der Waals surface area contributed by atoms with Gasteiger partial charge in [-0.1, -0.05) is 0 Å². The van der Waals surface area contributed by atoms with Crippen molar-refractivity contribution in [2.75, 3.05) is 5.32 Å². The Balaban J connectivity index is 1.45. The Morgan fingerprint density at radius 1 is 1.21 bits per heavy atom. The largest absolute Gasteiger partial charge is 0.439 e. The topological polar surface area (TPSA) is 81.9 Å². The zero-order valence-corrected chi connectivity index (χ0v) is 12.8. The van der Waals surface area contributed by atoms with Crippen molar-refractivity contribution in [1.82, 2.24) is 19.7 Å². The number of amides is 1. The first-order valence-electron chi connectivity index (χ1n) is 7.69. The summed E-state index contributed by atoms with van der Waals surface area (Å²) in [6.45, 7) is 0. The molecule has 2 heterocycles. The lowest BCUT2D eigenvalue weighted by Gasteiger charge is -2.08. The van der Waals surface area contributed by atoms with Gasteiger partial charge in [-0.25, -0.2) is 14.6 Å². The SMILES string of the molecule is O=C(Nc1ccc(Oc2cc(-n3cccn3)ncn2)cc1)C1CC1. The van der Waals surface area contributed by atoms with Gasteiger partial charge in [0.05, 0.1) is 0 Å². The standard InChI is InChI=1S/C17H15N5O2/c23-17(12-2-3-12)21-13-4-6-14(7-5-13)24-16-10-15(18-11-19-16)22-9-1-8-20-22/h1,4-12H,2-3H2,(H,21,23). The van der Waals surface area contributed by atoms with Crippen molar-refractivity contribution in [2.24, 2.45) is 5.92 Å². The van der Waals surface area contributed by atoms with E-state index in [2.05, 4.69) is 20.4 Å². The van der Waals surface area contributed by atoms with Crippen molar-refractivity contribution in [3.05, 3.63) is 55.1 Å². The Bertz CT molecular complexity index is 842. The van der Waals surface area contributed by atoms with Crippen LogP contribution in [0.3, 0.4) is 0 Å². The van der Waals surface area contributed by atoms with E-state index >= 15 is 0 Å². The highest BCUT2D eigenvalue weighted by molar-refractivity contribution is 5.94. The molecule has 0 saturated heterocycles. The first-order chi connectivity index (χ1) is 11.8. The minimum Gasteiger partial charge on any atom is -0.439 e. The van der Waals surface area contributed by atoms with Crippen LogP contribution in [0.4, 0.5) is 5.69 Å². The molecule has 1 fully saturated rings. The summed E-state index contributed by atoms with van der Waals surface area (Å²) in [5.41, 5.74) is 0.763. The van der Waals surface area contributed by atoms with Gasteiger partial charge in [-0.2, -0.15) is 5.10 Å². The lowest BCUT2D eigenvalue weighted by Crippen LogP contribution is -2.12. The number of ether oxygens (including phenoxy) is 1. The highest BCUT2D eigenvalue weighted by Gasteiger charge is 2.29. The zero-order chi connectivity index (χ0) is 16.4. The van der Waals surface area contributed by atoms with Gasteiger partial charge in [-0.15, -0.1) is 0 Å². The fraction of sp³-hybridized carbons (Fsp3) is 0.176. The zero-order valence-electron chi connectivity index (χ0n) is 12.8. The van der Waals surface area contributed by atoms with Crippen LogP contribution in [0.2, 0.25) is 0 Å². The van der Waals surface area contributed by atoms with Crippen molar-refractivity contribution in [2.45, 2.75) is 12.8 Å². The molecule has 0 atom stereocenters. The predicted molar refractivity (Wildman–Crippen MR) is 87.0 cm³/mol. The molecule has 24 heavy (non-hydrogen) atoms. The smallest absolute Gasteiger partial charge is 0.227 e. The summed E-state index contributed by atoms with van der Waals surface area (Å²) < 4.78 is 7.36. The van der Waals surface area contributed by atoms with Gasteiger partial charge in [-0.05, 0) is 43.2 Å². The van der Waals surface area contributed by atoms with Crippen molar-refractivity contribution < 1.29 is 9.53 Å². The number of hydrogen-bond donors (Lipinski definition) is 1. The van der Waals surface area contributed by atoms with Crippen molar-refractivity contribution in [3.8, 4) is 17.4 Å². The summed E-state index contributed by atoms with van der Waals surface area (Å²) in [5.74, 6) is 1.94. The van der Waals surface area contributed by atoms with Gasteiger partial charge < -0.3 is 10.1 Å². The molecule has 0 bridgehead atoms. The molecule has 4 rings (SSSR count). The number of carbonyl (C=O) groups is 1. The minimum absolute atomic E-state index is 0.0864. The number of benzene rings is 1. The van der Waals surface area contributed by atoms with Crippen molar-refractivity contribution in [1.29, 1.82) is 0 Å². The summed E-state index contributed by atoms with van der Waals surface area (Å²) in [5, 5.41) is 7.01. The first-order valence-corrected chi connectivity index (χ1v) is 7.69. The van der Waals surface area contributed by atoms with Gasteiger partial charge in [0.25, 0.3) is 0 Å². The molecular formula is C17H15N5O2. The fourth-order valence-electron chi connectivity index (χ4n) is 2.23. The molecule has 1 aliphatic carbocycles. The number of rotatable bonds is 5. The van der Waals surface area contributed by atoms with Crippen LogP contribution in [0.25, 0.3) is 5.82 Å². The number of carbonyl (C=O) groups excluding carboxylic acids is 1. The van der Waals surface area contributed by atoms with E-state index in [4.69, 9.17) is 4.74 Å². The fourth-order valence-corrected chi connectivity index (χ4v) is 2.23. The lowest BCUT2D eigenvalue weighted by atomic mass is 10.3. The summed E-state index contributed by atoms with van der Waals surface area (Å²) in [7, 11) is 0. The molecule has 7 nitrogen and oxygen atoms in total. The van der Waals surface area contributed by atoms with E-state index < -0.39 is 0 Å². The average Bonchev–Trinajstić information content (AvgIpc) is 3.32. The highest BCUT2D eigenvalue weighted by Crippen LogP contribution is 2.30. The summed E-state index contributed by atoms with van der Waals surface area (Å²) in [6.07, 6.45) is 6.87. The molecule has 0 spiro atoms. The second-order valence-electron chi connectivity index (χ2n) is 5.56. The molecule has 1 N–H and O–H groups in total. The minimum atomic E-state index is 0.0864. The van der Waals surface area contributed by atoms with Crippen LogP contribution < -0.4 is 10.1 Å². The quantitative estimate of drug-likeness (QED) is 0.781. The summed E-state index contributed by atoms with van der Waals surface area (Å²) >= 11 is 0. The maximum atomic E-state index is 11.7. The van der Waals surface area contributed by atoms with Crippen LogP contribution in [-0.4, -0.2) is 25.7 Å². The molecule has 0 unspecified atom stereocenters. The van der Waals surface area contributed by atoms with Crippen LogP contribution in [-0.2, 0) is 4.79 Å². The van der Waals surface area contributed by atoms with Crippen LogP contribution in [0.1, 0.15) is 12.8 Å². The van der Waals surface area contributed by atoms with E-state index in [9.17, 15) is 4.79 Å². The van der Waals surface area contributed by atoms with E-state index in [1.807, 2.05) is 18.2 Å². The lowest BCUT2D eigenvalue weighted by molar-refractivity contribution is -0.117. The summed E-state index contributed by atoms with van der Waals surface area (Å²) in [4.78, 5) is 20.0. The Kier molecular flexibility index (Phi) is 3.66. The predicted octanol–water partition coefficient (Wildman–Crippen LogP) is 2.80. The number of aromatic nitrogens is 4. The van der Waals surface area contributed by atoms with Crippen LogP contribution in [0, 0.1) is 5.92 Å². The van der Waals surface area contributed by atoms with Gasteiger partial charge in [0, 0.05) is 30.1 Å². The van der Waals surface area contributed by atoms with Crippen molar-refractivity contribution in [3.63, 3.8) is 0 Å². The molecule has 1 aromatic carbocycles. The number of hydrogen-bond acceptors (Lipinski definition) is 5. The van der Waals surface area contributed by atoms with Gasteiger partial charge in [-0.3, -0.25) is 4.79 Å². The third-order valence-electron chi connectivity index (χ3n) is 3.66.